The molecule has 0 radical (unpaired) electrons. The van der Waals surface area contributed by atoms with Crippen molar-refractivity contribution in [3.8, 4) is 11.8 Å². The van der Waals surface area contributed by atoms with Gasteiger partial charge in [-0.05, 0) is 18.2 Å². The van der Waals surface area contributed by atoms with E-state index in [-0.39, 0.29) is 17.2 Å². The molecule has 21 heavy (non-hydrogen) atoms. The molecule has 0 unspecified atom stereocenters. The van der Waals surface area contributed by atoms with Crippen LogP contribution in [0.25, 0.3) is 10.9 Å². The van der Waals surface area contributed by atoms with Gasteiger partial charge in [0, 0.05) is 17.1 Å². The maximum atomic E-state index is 12.6. The van der Waals surface area contributed by atoms with E-state index in [2.05, 4.69) is 9.97 Å². The van der Waals surface area contributed by atoms with Gasteiger partial charge in [-0.2, -0.15) is 5.26 Å². The van der Waals surface area contributed by atoms with E-state index in [0.29, 0.717) is 11.3 Å². The van der Waals surface area contributed by atoms with Crippen LogP contribution in [0.2, 0.25) is 0 Å². The Morgan fingerprint density at radius 3 is 2.86 bits per heavy atom. The number of nitrogens with one attached hydrogen (secondary N) is 1. The Hall–Kier alpha value is -3.13. The monoisotopic (exact) mass is 277 g/mol. The van der Waals surface area contributed by atoms with Crippen molar-refractivity contribution in [3.05, 3.63) is 59.5 Å². The lowest BCUT2D eigenvalue weighted by Gasteiger charge is -2.02. The Kier molecular flexibility index (Phi) is 3.13. The Morgan fingerprint density at radius 2 is 2.10 bits per heavy atom. The number of ether oxygens (including phenoxy) is 1. The number of aromatic amines is 1. The molecule has 0 atom stereocenters. The third-order valence-electron chi connectivity index (χ3n) is 3.24. The molecule has 0 amide bonds. The third kappa shape index (κ3) is 2.13. The van der Waals surface area contributed by atoms with Gasteiger partial charge in [0.05, 0.1) is 12.6 Å². The first-order valence-electron chi connectivity index (χ1n) is 6.30. The Balaban J connectivity index is 2.12. The van der Waals surface area contributed by atoms with Crippen LogP contribution in [0.1, 0.15) is 21.7 Å². The van der Waals surface area contributed by atoms with Crippen molar-refractivity contribution < 1.29 is 9.53 Å². The normalized spacial score (nSPS) is 10.3. The minimum absolute atomic E-state index is 0.221. The number of fused-ring (bicyclic) bond motifs is 1. The molecule has 102 valence electrons. The van der Waals surface area contributed by atoms with Gasteiger partial charge in [-0.25, -0.2) is 4.98 Å². The standard InChI is InChI=1S/C16H11N3O2/c1-21-14-7-3-5-11-12(9-18-15(11)14)16(20)13-6-2-4-10(8-17)19-13/h2-7,9,18H,1H3. The molecule has 0 aliphatic rings. The lowest BCUT2D eigenvalue weighted by molar-refractivity contribution is 0.103. The number of para-hydroxylation sites is 1. The zero-order valence-electron chi connectivity index (χ0n) is 11.3. The number of benzene rings is 1. The molecular weight excluding hydrogens is 266 g/mol. The summed E-state index contributed by atoms with van der Waals surface area (Å²) < 4.78 is 5.26. The molecule has 3 rings (SSSR count). The predicted octanol–water partition coefficient (Wildman–Crippen LogP) is 2.67. The summed E-state index contributed by atoms with van der Waals surface area (Å²) in [5.74, 6) is 0.442. The van der Waals surface area contributed by atoms with Crippen molar-refractivity contribution in [1.82, 2.24) is 9.97 Å². The number of carbonyl (C=O) groups excluding carboxylic acids is 1. The van der Waals surface area contributed by atoms with Crippen LogP contribution < -0.4 is 4.74 Å². The Bertz CT molecular complexity index is 875. The van der Waals surface area contributed by atoms with Crippen molar-refractivity contribution in [3.63, 3.8) is 0 Å². The summed E-state index contributed by atoms with van der Waals surface area (Å²) >= 11 is 0. The summed E-state index contributed by atoms with van der Waals surface area (Å²) in [4.78, 5) is 19.6. The van der Waals surface area contributed by atoms with Crippen molar-refractivity contribution in [2.45, 2.75) is 0 Å². The minimum Gasteiger partial charge on any atom is -0.495 e. The van der Waals surface area contributed by atoms with Gasteiger partial charge < -0.3 is 9.72 Å². The van der Waals surface area contributed by atoms with Gasteiger partial charge in [0.25, 0.3) is 0 Å². The average molecular weight is 277 g/mol. The van der Waals surface area contributed by atoms with Gasteiger partial charge in [-0.3, -0.25) is 4.79 Å². The topological polar surface area (TPSA) is 78.8 Å². The zero-order valence-corrected chi connectivity index (χ0v) is 11.3. The summed E-state index contributed by atoms with van der Waals surface area (Å²) in [5, 5.41) is 9.64. The van der Waals surface area contributed by atoms with Crippen LogP contribution in [0, 0.1) is 11.3 Å². The number of methoxy groups -OCH3 is 1. The second-order valence-corrected chi connectivity index (χ2v) is 4.43. The molecule has 2 heterocycles. The van der Waals surface area contributed by atoms with E-state index in [9.17, 15) is 4.79 Å². The molecule has 0 spiro atoms. The Morgan fingerprint density at radius 1 is 1.29 bits per heavy atom. The fourth-order valence-electron chi connectivity index (χ4n) is 2.25. The highest BCUT2D eigenvalue weighted by Gasteiger charge is 2.17. The van der Waals surface area contributed by atoms with E-state index in [1.165, 1.54) is 0 Å². The summed E-state index contributed by atoms with van der Waals surface area (Å²) in [5.41, 5.74) is 1.74. The number of rotatable bonds is 3. The molecular formula is C16H11N3O2. The van der Waals surface area contributed by atoms with Crippen LogP contribution >= 0.6 is 0 Å². The minimum atomic E-state index is -0.230. The third-order valence-corrected chi connectivity index (χ3v) is 3.24. The van der Waals surface area contributed by atoms with Crippen LogP contribution in [-0.4, -0.2) is 22.9 Å². The SMILES string of the molecule is COc1cccc2c(C(=O)c3cccc(C#N)n3)c[nH]c12. The van der Waals surface area contributed by atoms with E-state index in [1.54, 1.807) is 31.5 Å². The largest absolute Gasteiger partial charge is 0.495 e. The van der Waals surface area contributed by atoms with Crippen LogP contribution in [0.3, 0.4) is 0 Å². The lowest BCUT2D eigenvalue weighted by Crippen LogP contribution is -2.04. The number of aromatic nitrogens is 2. The van der Waals surface area contributed by atoms with Gasteiger partial charge in [-0.1, -0.05) is 18.2 Å². The zero-order chi connectivity index (χ0) is 14.8. The van der Waals surface area contributed by atoms with Gasteiger partial charge in [0.1, 0.15) is 23.2 Å². The number of nitrogens with zero attached hydrogens (tertiary/aromatic N) is 2. The summed E-state index contributed by atoms with van der Waals surface area (Å²) in [7, 11) is 1.58. The molecule has 0 aliphatic carbocycles. The summed E-state index contributed by atoms with van der Waals surface area (Å²) in [6.07, 6.45) is 1.64. The lowest BCUT2D eigenvalue weighted by atomic mass is 10.1. The number of pyridine rings is 1. The van der Waals surface area contributed by atoms with E-state index in [0.717, 1.165) is 10.9 Å². The van der Waals surface area contributed by atoms with Gasteiger partial charge in [0.15, 0.2) is 0 Å². The predicted molar refractivity (Wildman–Crippen MR) is 77.2 cm³/mol. The van der Waals surface area contributed by atoms with Crippen molar-refractivity contribution in [1.29, 1.82) is 5.26 Å². The number of hydrogen-bond donors (Lipinski definition) is 1. The van der Waals surface area contributed by atoms with Gasteiger partial charge in [0.2, 0.25) is 5.78 Å². The van der Waals surface area contributed by atoms with Gasteiger partial charge in [-0.15, -0.1) is 0 Å². The molecule has 0 saturated heterocycles. The number of nitriles is 1. The molecule has 0 bridgehead atoms. The first-order valence-corrected chi connectivity index (χ1v) is 6.30. The van der Waals surface area contributed by atoms with Crippen LogP contribution in [-0.2, 0) is 0 Å². The highest BCUT2D eigenvalue weighted by Crippen LogP contribution is 2.28. The first kappa shape index (κ1) is 12.9. The molecule has 5 heteroatoms. The van der Waals surface area contributed by atoms with E-state index >= 15 is 0 Å². The first-order chi connectivity index (χ1) is 10.2. The number of ketones is 1. The summed E-state index contributed by atoms with van der Waals surface area (Å²) in [6.45, 7) is 0. The molecule has 0 saturated carbocycles. The van der Waals surface area contributed by atoms with Crippen molar-refractivity contribution in [2.75, 3.05) is 7.11 Å². The van der Waals surface area contributed by atoms with Crippen LogP contribution in [0.5, 0.6) is 5.75 Å². The molecule has 2 aromatic heterocycles. The highest BCUT2D eigenvalue weighted by molar-refractivity contribution is 6.16. The van der Waals surface area contributed by atoms with E-state index < -0.39 is 0 Å². The number of hydrogen-bond acceptors (Lipinski definition) is 4. The molecule has 1 aromatic carbocycles. The molecule has 0 fully saturated rings. The van der Waals surface area contributed by atoms with Crippen molar-refractivity contribution >= 4 is 16.7 Å². The van der Waals surface area contributed by atoms with Crippen LogP contribution in [0.15, 0.2) is 42.6 Å². The van der Waals surface area contributed by atoms with E-state index in [4.69, 9.17) is 10.00 Å². The molecule has 1 N–H and O–H groups in total. The average Bonchev–Trinajstić information content (AvgIpc) is 2.98. The second kappa shape index (κ2) is 5.10. The summed E-state index contributed by atoms with van der Waals surface area (Å²) in [6, 6.07) is 12.2. The Labute approximate surface area is 120 Å². The quantitative estimate of drug-likeness (QED) is 0.746. The smallest absolute Gasteiger partial charge is 0.213 e. The fourth-order valence-corrected chi connectivity index (χ4v) is 2.25. The fraction of sp³-hybridized carbons (Fsp3) is 0.0625. The number of carbonyl (C=O) groups is 1. The van der Waals surface area contributed by atoms with Crippen LogP contribution in [0.4, 0.5) is 0 Å². The highest BCUT2D eigenvalue weighted by atomic mass is 16.5. The molecule has 0 aliphatic heterocycles. The molecule has 3 aromatic rings. The number of H-pyrrole nitrogens is 1. The van der Waals surface area contributed by atoms with Crippen molar-refractivity contribution in [2.24, 2.45) is 0 Å². The maximum absolute atomic E-state index is 12.6. The molecule has 5 nitrogen and oxygen atoms in total. The van der Waals surface area contributed by atoms with E-state index in [1.807, 2.05) is 24.3 Å². The second-order valence-electron chi connectivity index (χ2n) is 4.43. The van der Waals surface area contributed by atoms with Gasteiger partial charge >= 0.3 is 0 Å². The maximum Gasteiger partial charge on any atom is 0.213 e.